The van der Waals surface area contributed by atoms with Gasteiger partial charge in [0, 0.05) is 11.8 Å². The fourth-order valence-corrected chi connectivity index (χ4v) is 8.71. The van der Waals surface area contributed by atoms with Gasteiger partial charge in [-0.05, 0) is 58.7 Å². The van der Waals surface area contributed by atoms with Crippen molar-refractivity contribution in [2.75, 3.05) is 13.2 Å². The van der Waals surface area contributed by atoms with Crippen LogP contribution in [0.1, 0.15) is 86.6 Å². The molecule has 8 rings (SSSR count). The molecule has 326 valence electrons. The first kappa shape index (κ1) is 42.6. The Balaban J connectivity index is 1.38. The normalized spacial score (nSPS) is 30.1. The standard InChI is InChI=1S/C42H38O20/c43-11-23-31(47)35(51)37(53)41(61-23)59-21-5-1-3-15-25(17-7-13(39(55)56)9-19(45)27(17)33(49)29(15)21)26-16-4-2-6-22(60-42-38(54)36(52)32(48)24(12-44)62-42)30(16)34(50)28-18(26)8-14(40(57)58)10-20(28)46/h1-10,23-26,31-32,35-38,41-48,51-54H,11-12H2,(H,55,56)(H,57,58)/t23-,24+,25-,26?,31+,32+,35+,36-,37-,38+,41+,42+/m0/s1. The van der Waals surface area contributed by atoms with Crippen molar-refractivity contribution in [1.82, 2.24) is 0 Å². The number of ketones is 2. The number of phenolic OH excluding ortho intramolecular Hbond substituents is 2. The van der Waals surface area contributed by atoms with E-state index in [1.165, 1.54) is 36.4 Å². The van der Waals surface area contributed by atoms with Gasteiger partial charge >= 0.3 is 11.9 Å². The summed E-state index contributed by atoms with van der Waals surface area (Å²) in [6.45, 7) is -1.64. The third-order valence-corrected chi connectivity index (χ3v) is 11.7. The monoisotopic (exact) mass is 862 g/mol. The van der Waals surface area contributed by atoms with Crippen LogP contribution in [0.3, 0.4) is 0 Å². The van der Waals surface area contributed by atoms with Crippen LogP contribution in [0.15, 0.2) is 60.7 Å². The summed E-state index contributed by atoms with van der Waals surface area (Å²) in [6.07, 6.45) is -17.7. The molecule has 0 aromatic heterocycles. The van der Waals surface area contributed by atoms with E-state index in [0.29, 0.717) is 0 Å². The van der Waals surface area contributed by atoms with Gasteiger partial charge in [-0.15, -0.1) is 0 Å². The molecule has 0 amide bonds. The molecule has 2 heterocycles. The highest BCUT2D eigenvalue weighted by molar-refractivity contribution is 6.18. The van der Waals surface area contributed by atoms with Crippen molar-refractivity contribution in [2.45, 2.75) is 73.2 Å². The van der Waals surface area contributed by atoms with E-state index in [0.717, 1.165) is 24.3 Å². The van der Waals surface area contributed by atoms with E-state index in [2.05, 4.69) is 0 Å². The van der Waals surface area contributed by atoms with Crippen molar-refractivity contribution in [2.24, 2.45) is 0 Å². The lowest BCUT2D eigenvalue weighted by molar-refractivity contribution is -0.277. The van der Waals surface area contributed by atoms with E-state index in [1.807, 2.05) is 0 Å². The van der Waals surface area contributed by atoms with E-state index in [-0.39, 0.29) is 44.9 Å². The number of aliphatic hydroxyl groups is 8. The highest BCUT2D eigenvalue weighted by Gasteiger charge is 2.50. The maximum absolute atomic E-state index is 14.7. The number of ether oxygens (including phenoxy) is 4. The molecule has 12 N–H and O–H groups in total. The molecule has 20 heteroatoms. The van der Waals surface area contributed by atoms with Gasteiger partial charge in [0.1, 0.15) is 71.8 Å². The predicted molar refractivity (Wildman–Crippen MR) is 202 cm³/mol. The van der Waals surface area contributed by atoms with Gasteiger partial charge in [0.2, 0.25) is 24.1 Å². The first-order valence-electron chi connectivity index (χ1n) is 19.0. The van der Waals surface area contributed by atoms with Crippen LogP contribution in [0.5, 0.6) is 23.0 Å². The topological polar surface area (TPSA) is 348 Å². The van der Waals surface area contributed by atoms with Gasteiger partial charge in [0.05, 0.1) is 46.6 Å². The third kappa shape index (κ3) is 6.73. The summed E-state index contributed by atoms with van der Waals surface area (Å²) in [4.78, 5) is 54.2. The first-order valence-corrected chi connectivity index (χ1v) is 19.0. The summed E-state index contributed by atoms with van der Waals surface area (Å²) in [6, 6.07) is 11.9. The molecule has 0 radical (unpaired) electrons. The van der Waals surface area contributed by atoms with E-state index >= 15 is 0 Å². The number of benzene rings is 4. The van der Waals surface area contributed by atoms with Gasteiger partial charge in [-0.3, -0.25) is 9.59 Å². The average Bonchev–Trinajstić information content (AvgIpc) is 3.24. The zero-order valence-electron chi connectivity index (χ0n) is 31.7. The fraction of sp³-hybridized carbons (Fsp3) is 0.333. The minimum Gasteiger partial charge on any atom is -0.507 e. The Hall–Kier alpha value is -6.04. The number of carbonyl (C=O) groups is 4. The molecule has 0 spiro atoms. The summed E-state index contributed by atoms with van der Waals surface area (Å²) in [5, 5.41) is 126. The van der Waals surface area contributed by atoms with Crippen LogP contribution in [0.2, 0.25) is 0 Å². The Morgan fingerprint density at radius 1 is 0.516 bits per heavy atom. The van der Waals surface area contributed by atoms with Crippen molar-refractivity contribution in [3.63, 3.8) is 0 Å². The largest absolute Gasteiger partial charge is 0.507 e. The van der Waals surface area contributed by atoms with Crippen LogP contribution in [-0.4, -0.2) is 159 Å². The number of fused-ring (bicyclic) bond motifs is 4. The van der Waals surface area contributed by atoms with E-state index in [1.54, 1.807) is 0 Å². The molecule has 0 bridgehead atoms. The molecule has 0 saturated carbocycles. The van der Waals surface area contributed by atoms with E-state index < -0.39 is 144 Å². The number of rotatable bonds is 9. The van der Waals surface area contributed by atoms with Crippen LogP contribution >= 0.6 is 0 Å². The number of carbonyl (C=O) groups excluding carboxylic acids is 2. The second kappa shape index (κ2) is 16.0. The van der Waals surface area contributed by atoms with Gasteiger partial charge in [-0.1, -0.05) is 24.3 Å². The molecular weight excluding hydrogens is 824 g/mol. The van der Waals surface area contributed by atoms with Crippen LogP contribution < -0.4 is 9.47 Å². The molecule has 4 aromatic carbocycles. The highest BCUT2D eigenvalue weighted by atomic mass is 16.7. The molecule has 62 heavy (non-hydrogen) atoms. The number of aliphatic hydroxyl groups excluding tert-OH is 8. The zero-order valence-corrected chi connectivity index (χ0v) is 31.7. The molecule has 2 saturated heterocycles. The SMILES string of the molecule is O=C(O)c1cc(O)c2c(c1)C([C@@H]1c3cc(C(=O)O)cc(O)c3C(=O)c3c(O[C@@H]4O[C@@H](CO)[C@@H](O)[C@@H](O)[C@@H]4O)cccc31)c1cccc(O[C@@H]3O[C@H](CO)[C@@H](O)[C@H](O)[C@H]3O)c1C2=O. The lowest BCUT2D eigenvalue weighted by Crippen LogP contribution is -2.60. The minimum absolute atomic E-state index is 0.00301. The quantitative estimate of drug-likeness (QED) is 0.0950. The maximum Gasteiger partial charge on any atom is 0.335 e. The summed E-state index contributed by atoms with van der Waals surface area (Å²) >= 11 is 0. The minimum atomic E-state index is -1.94. The van der Waals surface area contributed by atoms with Gasteiger partial charge in [-0.25, -0.2) is 9.59 Å². The predicted octanol–water partition coefficient (Wildman–Crippen LogP) is -1.10. The molecule has 1 unspecified atom stereocenters. The molecule has 20 nitrogen and oxygen atoms in total. The van der Waals surface area contributed by atoms with E-state index in [9.17, 15) is 80.5 Å². The van der Waals surface area contributed by atoms with Gasteiger partial charge in [0.25, 0.3) is 0 Å². The number of hydrogen-bond acceptors (Lipinski definition) is 18. The van der Waals surface area contributed by atoms with Crippen molar-refractivity contribution >= 4 is 23.5 Å². The van der Waals surface area contributed by atoms with Crippen LogP contribution in [0, 0.1) is 0 Å². The lowest BCUT2D eigenvalue weighted by atomic mass is 9.63. The number of hydrogen-bond donors (Lipinski definition) is 12. The molecule has 2 fully saturated rings. The molecule has 2 aliphatic carbocycles. The number of aromatic hydroxyl groups is 2. The lowest BCUT2D eigenvalue weighted by Gasteiger charge is -2.41. The van der Waals surface area contributed by atoms with Crippen molar-refractivity contribution < 1.29 is 99.4 Å². The summed E-state index contributed by atoms with van der Waals surface area (Å²) < 4.78 is 23.0. The molecular formula is C42H38O20. The summed E-state index contributed by atoms with van der Waals surface area (Å²) in [5.41, 5.74) is -2.87. The van der Waals surface area contributed by atoms with Crippen LogP contribution in [0.25, 0.3) is 0 Å². The smallest absolute Gasteiger partial charge is 0.335 e. The Kier molecular flexibility index (Phi) is 11.0. The summed E-state index contributed by atoms with van der Waals surface area (Å²) in [7, 11) is 0. The third-order valence-electron chi connectivity index (χ3n) is 11.7. The molecule has 12 atom stereocenters. The van der Waals surface area contributed by atoms with E-state index in [4.69, 9.17) is 18.9 Å². The number of carboxylic acids is 2. The second-order valence-electron chi connectivity index (χ2n) is 15.2. The van der Waals surface area contributed by atoms with Gasteiger partial charge < -0.3 is 80.2 Å². The average molecular weight is 863 g/mol. The number of phenols is 2. The Bertz CT molecular complexity index is 2330. The van der Waals surface area contributed by atoms with Gasteiger partial charge in [0.15, 0.2) is 0 Å². The Morgan fingerprint density at radius 2 is 0.887 bits per heavy atom. The fourth-order valence-electron chi connectivity index (χ4n) is 8.71. The highest BCUT2D eigenvalue weighted by Crippen LogP contribution is 2.56. The van der Waals surface area contributed by atoms with Crippen molar-refractivity contribution in [3.8, 4) is 23.0 Å². The van der Waals surface area contributed by atoms with Crippen LogP contribution in [-0.2, 0) is 9.47 Å². The van der Waals surface area contributed by atoms with Crippen LogP contribution in [0.4, 0.5) is 0 Å². The number of carboxylic acid groups (broad SMARTS) is 2. The zero-order chi connectivity index (χ0) is 44.6. The maximum atomic E-state index is 14.7. The van der Waals surface area contributed by atoms with Crippen molar-refractivity contribution in [3.05, 3.63) is 116 Å². The second-order valence-corrected chi connectivity index (χ2v) is 15.2. The molecule has 4 aliphatic rings. The Labute approximate surface area is 348 Å². The Morgan fingerprint density at radius 3 is 1.23 bits per heavy atom. The first-order chi connectivity index (χ1) is 29.5. The number of aromatic carboxylic acids is 2. The molecule has 2 aliphatic heterocycles. The summed E-state index contributed by atoms with van der Waals surface area (Å²) in [5.74, 6) is -10.1. The van der Waals surface area contributed by atoms with Gasteiger partial charge in [-0.2, -0.15) is 0 Å². The van der Waals surface area contributed by atoms with Crippen molar-refractivity contribution in [1.29, 1.82) is 0 Å². The molecule has 4 aromatic rings.